The minimum Gasteiger partial charge on any atom is -0.452 e. The van der Waals surface area contributed by atoms with E-state index in [-0.39, 0.29) is 35.6 Å². The summed E-state index contributed by atoms with van der Waals surface area (Å²) in [6, 6.07) is 5.58. The third-order valence-corrected chi connectivity index (χ3v) is 6.90. The van der Waals surface area contributed by atoms with Crippen LogP contribution in [0.15, 0.2) is 24.3 Å². The van der Waals surface area contributed by atoms with Gasteiger partial charge in [0, 0.05) is 24.7 Å². The molecule has 1 aromatic rings. The summed E-state index contributed by atoms with van der Waals surface area (Å²) in [6.07, 6.45) is 3.36. The number of piperidine rings is 1. The number of benzene rings is 1. The number of hydrogen-bond donors (Lipinski definition) is 1. The number of nitrogens with one attached hydrogen (secondary N) is 1. The lowest BCUT2D eigenvalue weighted by atomic mass is 9.78. The highest BCUT2D eigenvalue weighted by atomic mass is 19.1. The topological polar surface area (TPSA) is 75.7 Å². The molecule has 31 heavy (non-hydrogen) atoms. The van der Waals surface area contributed by atoms with Crippen LogP contribution in [0.3, 0.4) is 0 Å². The van der Waals surface area contributed by atoms with Gasteiger partial charge in [-0.25, -0.2) is 4.39 Å². The number of amides is 2. The second-order valence-corrected chi connectivity index (χ2v) is 9.03. The van der Waals surface area contributed by atoms with Gasteiger partial charge in [-0.1, -0.05) is 26.7 Å². The van der Waals surface area contributed by atoms with E-state index in [9.17, 15) is 18.8 Å². The zero-order chi connectivity index (χ0) is 22.5. The molecule has 170 valence electrons. The van der Waals surface area contributed by atoms with Crippen molar-refractivity contribution < 1.29 is 23.5 Å². The van der Waals surface area contributed by atoms with E-state index >= 15 is 0 Å². The van der Waals surface area contributed by atoms with Gasteiger partial charge in [-0.3, -0.25) is 14.4 Å². The minimum absolute atomic E-state index is 0.123. The molecule has 7 heteroatoms. The molecule has 1 aliphatic heterocycles. The minimum atomic E-state index is -0.837. The van der Waals surface area contributed by atoms with Gasteiger partial charge in [0.15, 0.2) is 6.10 Å². The average Bonchev–Trinajstić information content (AvgIpc) is 2.77. The van der Waals surface area contributed by atoms with Gasteiger partial charge in [0.1, 0.15) is 5.82 Å². The Bertz CT molecular complexity index is 789. The molecule has 0 unspecified atom stereocenters. The highest BCUT2D eigenvalue weighted by molar-refractivity contribution is 5.94. The molecule has 1 N–H and O–H groups in total. The fraction of sp³-hybridized carbons (Fsp3) is 0.625. The summed E-state index contributed by atoms with van der Waals surface area (Å²) in [5, 5.41) is 3.06. The van der Waals surface area contributed by atoms with Crippen LogP contribution >= 0.6 is 0 Å². The molecule has 1 saturated carbocycles. The standard InChI is InChI=1S/C24H33FN2O4/c1-15-5-4-6-21(16(15)2)26-22(28)17(3)31-24(30)19-11-13-27(14-12-19)23(29)18-7-9-20(25)10-8-18/h7-10,15-17,19,21H,4-6,11-14H2,1-3H3,(H,26,28)/t15-,16+,17+,21+/m0/s1. The molecular weight excluding hydrogens is 399 g/mol. The summed E-state index contributed by atoms with van der Waals surface area (Å²) in [6.45, 7) is 6.82. The first kappa shape index (κ1) is 23.2. The molecule has 0 spiro atoms. The van der Waals surface area contributed by atoms with Gasteiger partial charge in [0.25, 0.3) is 11.8 Å². The summed E-state index contributed by atoms with van der Waals surface area (Å²) < 4.78 is 18.5. The Kier molecular flexibility index (Phi) is 7.68. The Morgan fingerprint density at radius 3 is 2.35 bits per heavy atom. The van der Waals surface area contributed by atoms with Crippen molar-refractivity contribution in [1.29, 1.82) is 0 Å². The first-order chi connectivity index (χ1) is 14.8. The maximum atomic E-state index is 13.1. The third kappa shape index (κ3) is 5.83. The first-order valence-electron chi connectivity index (χ1n) is 11.3. The molecular formula is C24H33FN2O4. The van der Waals surface area contributed by atoms with Gasteiger partial charge in [-0.05, 0) is 62.3 Å². The van der Waals surface area contributed by atoms with E-state index in [1.807, 2.05) is 0 Å². The number of nitrogens with zero attached hydrogens (tertiary/aromatic N) is 1. The van der Waals surface area contributed by atoms with Crippen LogP contribution in [0.2, 0.25) is 0 Å². The molecule has 2 amide bonds. The van der Waals surface area contributed by atoms with Gasteiger partial charge in [-0.15, -0.1) is 0 Å². The molecule has 6 nitrogen and oxygen atoms in total. The lowest BCUT2D eigenvalue weighted by Gasteiger charge is -2.35. The van der Waals surface area contributed by atoms with Crippen molar-refractivity contribution in [2.45, 2.75) is 65.0 Å². The maximum Gasteiger partial charge on any atom is 0.309 e. The zero-order valence-corrected chi connectivity index (χ0v) is 18.6. The molecule has 0 aromatic heterocycles. The summed E-state index contributed by atoms with van der Waals surface area (Å²) in [7, 11) is 0. The molecule has 1 aliphatic carbocycles. The Hall–Kier alpha value is -2.44. The quantitative estimate of drug-likeness (QED) is 0.722. The van der Waals surface area contributed by atoms with Crippen molar-refractivity contribution in [2.24, 2.45) is 17.8 Å². The molecule has 0 bridgehead atoms. The zero-order valence-electron chi connectivity index (χ0n) is 18.6. The number of hydrogen-bond acceptors (Lipinski definition) is 4. The van der Waals surface area contributed by atoms with Crippen molar-refractivity contribution in [1.82, 2.24) is 10.2 Å². The predicted molar refractivity (Wildman–Crippen MR) is 115 cm³/mol. The molecule has 2 fully saturated rings. The number of halogens is 1. The van der Waals surface area contributed by atoms with Gasteiger partial charge in [-0.2, -0.15) is 0 Å². The van der Waals surface area contributed by atoms with Crippen LogP contribution in [0.4, 0.5) is 4.39 Å². The van der Waals surface area contributed by atoms with Crippen LogP contribution in [0.25, 0.3) is 0 Å². The van der Waals surface area contributed by atoms with Gasteiger partial charge in [0.2, 0.25) is 0 Å². The smallest absolute Gasteiger partial charge is 0.309 e. The summed E-state index contributed by atoms with van der Waals surface area (Å²) in [5.74, 6) is -0.548. The lowest BCUT2D eigenvalue weighted by molar-refractivity contribution is -0.160. The van der Waals surface area contributed by atoms with E-state index in [1.165, 1.54) is 30.7 Å². The van der Waals surface area contributed by atoms with Crippen LogP contribution in [-0.4, -0.2) is 47.9 Å². The van der Waals surface area contributed by atoms with Crippen LogP contribution < -0.4 is 5.32 Å². The van der Waals surface area contributed by atoms with Crippen molar-refractivity contribution in [3.8, 4) is 0 Å². The fourth-order valence-electron chi connectivity index (χ4n) is 4.50. The molecule has 1 heterocycles. The van der Waals surface area contributed by atoms with Crippen molar-refractivity contribution in [3.05, 3.63) is 35.6 Å². The number of esters is 1. The van der Waals surface area contributed by atoms with Crippen molar-refractivity contribution in [2.75, 3.05) is 13.1 Å². The molecule has 1 aromatic carbocycles. The summed E-state index contributed by atoms with van der Waals surface area (Å²) in [4.78, 5) is 39.3. The van der Waals surface area contributed by atoms with Crippen LogP contribution in [0.1, 0.15) is 63.2 Å². The Morgan fingerprint density at radius 2 is 1.71 bits per heavy atom. The highest BCUT2D eigenvalue weighted by Crippen LogP contribution is 2.29. The maximum absolute atomic E-state index is 13.1. The van der Waals surface area contributed by atoms with Crippen LogP contribution in [-0.2, 0) is 14.3 Å². The van der Waals surface area contributed by atoms with E-state index < -0.39 is 6.10 Å². The molecule has 0 radical (unpaired) electrons. The molecule has 2 aliphatic rings. The Balaban J connectivity index is 1.45. The second-order valence-electron chi connectivity index (χ2n) is 9.03. The Morgan fingerprint density at radius 1 is 1.06 bits per heavy atom. The number of likely N-dealkylation sites (tertiary alicyclic amines) is 1. The summed E-state index contributed by atoms with van der Waals surface area (Å²) >= 11 is 0. The van der Waals surface area contributed by atoms with Gasteiger partial charge in [0.05, 0.1) is 5.92 Å². The molecule has 4 atom stereocenters. The number of ether oxygens (including phenoxy) is 1. The monoisotopic (exact) mass is 432 g/mol. The largest absolute Gasteiger partial charge is 0.452 e. The van der Waals surface area contributed by atoms with E-state index in [0.29, 0.717) is 43.3 Å². The molecule has 3 rings (SSSR count). The van der Waals surface area contributed by atoms with E-state index in [2.05, 4.69) is 19.2 Å². The van der Waals surface area contributed by atoms with E-state index in [0.717, 1.165) is 12.8 Å². The SMILES string of the molecule is C[C@@H]1[C@@H](C)CCC[C@H]1NC(=O)[C@@H](C)OC(=O)C1CCN(C(=O)c2ccc(F)cc2)CC1. The predicted octanol–water partition coefficient (Wildman–Crippen LogP) is 3.55. The van der Waals surface area contributed by atoms with Crippen molar-refractivity contribution in [3.63, 3.8) is 0 Å². The van der Waals surface area contributed by atoms with Crippen molar-refractivity contribution >= 4 is 17.8 Å². The fourth-order valence-corrected chi connectivity index (χ4v) is 4.50. The van der Waals surface area contributed by atoms with E-state index in [4.69, 9.17) is 4.74 Å². The van der Waals surface area contributed by atoms with Gasteiger partial charge < -0.3 is 15.0 Å². The molecule has 1 saturated heterocycles. The van der Waals surface area contributed by atoms with Gasteiger partial charge >= 0.3 is 5.97 Å². The second kappa shape index (κ2) is 10.2. The van der Waals surface area contributed by atoms with Crippen LogP contribution in [0, 0.1) is 23.6 Å². The number of carbonyl (C=O) groups excluding carboxylic acids is 3. The first-order valence-corrected chi connectivity index (χ1v) is 11.3. The van der Waals surface area contributed by atoms with Crippen LogP contribution in [0.5, 0.6) is 0 Å². The summed E-state index contributed by atoms with van der Waals surface area (Å²) in [5.41, 5.74) is 0.430. The average molecular weight is 433 g/mol. The number of rotatable bonds is 5. The van der Waals surface area contributed by atoms with E-state index in [1.54, 1.807) is 11.8 Å². The number of carbonyl (C=O) groups is 3. The normalized spacial score (nSPS) is 25.5. The third-order valence-electron chi connectivity index (χ3n) is 6.90. The lowest BCUT2D eigenvalue weighted by Crippen LogP contribution is -2.48. The highest BCUT2D eigenvalue weighted by Gasteiger charge is 2.33. The Labute approximate surface area is 183 Å².